The van der Waals surface area contributed by atoms with Gasteiger partial charge in [0.1, 0.15) is 11.0 Å². The Morgan fingerprint density at radius 2 is 2.29 bits per heavy atom. The van der Waals surface area contributed by atoms with E-state index in [0.717, 1.165) is 16.4 Å². The van der Waals surface area contributed by atoms with E-state index in [1.54, 1.807) is 6.20 Å². The average molecular weight is 323 g/mol. The smallest absolute Gasteiger partial charge is 0.321 e. The molecule has 0 saturated heterocycles. The Kier molecular flexibility index (Phi) is 4.97. The van der Waals surface area contributed by atoms with Gasteiger partial charge in [0.15, 0.2) is 0 Å². The van der Waals surface area contributed by atoms with Gasteiger partial charge in [-0.3, -0.25) is 9.78 Å². The Hall–Kier alpha value is -1.44. The Morgan fingerprint density at radius 1 is 1.52 bits per heavy atom. The van der Waals surface area contributed by atoms with Crippen LogP contribution in [0, 0.1) is 0 Å². The summed E-state index contributed by atoms with van der Waals surface area (Å²) in [5, 5.41) is 11.8. The zero-order valence-electron chi connectivity index (χ0n) is 11.8. The van der Waals surface area contributed by atoms with E-state index in [4.69, 9.17) is 10.8 Å². The van der Waals surface area contributed by atoms with E-state index < -0.39 is 16.8 Å². The van der Waals surface area contributed by atoms with Gasteiger partial charge in [0, 0.05) is 22.1 Å². The summed E-state index contributed by atoms with van der Waals surface area (Å²) in [6.45, 7) is 3.67. The molecule has 0 bridgehead atoms. The van der Waals surface area contributed by atoms with Crippen molar-refractivity contribution in [3.63, 3.8) is 0 Å². The number of nitrogens with two attached hydrogens (primary N) is 1. The fraction of sp³-hybridized carbons (Fsp3) is 0.357. The minimum Gasteiger partial charge on any atom is -0.480 e. The summed E-state index contributed by atoms with van der Waals surface area (Å²) in [6.07, 6.45) is 1.74. The first-order valence-electron chi connectivity index (χ1n) is 6.38. The van der Waals surface area contributed by atoms with Crippen LogP contribution < -0.4 is 5.73 Å². The lowest BCUT2D eigenvalue weighted by molar-refractivity contribution is -0.139. The third kappa shape index (κ3) is 4.03. The first-order valence-corrected chi connectivity index (χ1v) is 8.25. The molecule has 2 rings (SSSR count). The molecule has 0 aliphatic rings. The van der Waals surface area contributed by atoms with Gasteiger partial charge in [0.25, 0.3) is 0 Å². The average Bonchev–Trinajstić information content (AvgIpc) is 2.94. The summed E-state index contributed by atoms with van der Waals surface area (Å²) in [5.74, 6) is -0.364. The van der Waals surface area contributed by atoms with Crippen LogP contribution in [-0.2, 0) is 10.5 Å². The molecular weight excluding hydrogens is 306 g/mol. The Morgan fingerprint density at radius 3 is 2.90 bits per heavy atom. The van der Waals surface area contributed by atoms with Crippen molar-refractivity contribution < 1.29 is 9.90 Å². The topological polar surface area (TPSA) is 89.1 Å². The van der Waals surface area contributed by atoms with Crippen LogP contribution in [0.1, 0.15) is 19.5 Å². The highest BCUT2D eigenvalue weighted by Gasteiger charge is 2.32. The maximum absolute atomic E-state index is 11.0. The van der Waals surface area contributed by atoms with Crippen molar-refractivity contribution in [3.05, 3.63) is 35.5 Å². The highest BCUT2D eigenvalue weighted by Crippen LogP contribution is 2.32. The molecule has 0 aromatic carbocycles. The summed E-state index contributed by atoms with van der Waals surface area (Å²) < 4.78 is -0.555. The summed E-state index contributed by atoms with van der Waals surface area (Å²) in [5.41, 5.74) is 7.47. The van der Waals surface area contributed by atoms with Crippen molar-refractivity contribution in [2.75, 3.05) is 0 Å². The monoisotopic (exact) mass is 323 g/mol. The number of aromatic nitrogens is 2. The van der Waals surface area contributed by atoms with Crippen molar-refractivity contribution in [2.45, 2.75) is 30.4 Å². The SMILES string of the molecule is CC(C)(SCc1csc(-c2ccccn2)n1)[C@@H](N)C(=O)O. The minimum atomic E-state index is -0.986. The molecule has 0 spiro atoms. The first kappa shape index (κ1) is 15.9. The molecule has 3 N–H and O–H groups in total. The summed E-state index contributed by atoms with van der Waals surface area (Å²) in [6, 6.07) is 4.80. The molecule has 1 atom stereocenters. The van der Waals surface area contributed by atoms with Gasteiger partial charge < -0.3 is 10.8 Å². The fourth-order valence-electron chi connectivity index (χ4n) is 1.63. The van der Waals surface area contributed by atoms with E-state index in [9.17, 15) is 4.79 Å². The molecule has 0 aliphatic carbocycles. The molecule has 0 aliphatic heterocycles. The number of pyridine rings is 1. The van der Waals surface area contributed by atoms with Gasteiger partial charge in [0.05, 0.1) is 11.4 Å². The van der Waals surface area contributed by atoms with Crippen LogP contribution in [0.3, 0.4) is 0 Å². The van der Waals surface area contributed by atoms with Gasteiger partial charge in [-0.1, -0.05) is 6.07 Å². The van der Waals surface area contributed by atoms with Gasteiger partial charge in [-0.2, -0.15) is 0 Å². The number of thiazole rings is 1. The Labute approximate surface area is 131 Å². The van der Waals surface area contributed by atoms with Gasteiger partial charge in [-0.05, 0) is 26.0 Å². The van der Waals surface area contributed by atoms with Crippen LogP contribution in [0.15, 0.2) is 29.8 Å². The molecule has 0 saturated carbocycles. The van der Waals surface area contributed by atoms with Crippen LogP contribution in [0.25, 0.3) is 10.7 Å². The molecule has 0 fully saturated rings. The quantitative estimate of drug-likeness (QED) is 0.849. The van der Waals surface area contributed by atoms with Crippen LogP contribution in [-0.4, -0.2) is 31.8 Å². The van der Waals surface area contributed by atoms with E-state index in [2.05, 4.69) is 9.97 Å². The number of rotatable bonds is 6. The zero-order valence-corrected chi connectivity index (χ0v) is 13.4. The molecule has 2 heterocycles. The third-order valence-electron chi connectivity index (χ3n) is 3.04. The van der Waals surface area contributed by atoms with E-state index in [1.165, 1.54) is 23.1 Å². The number of aliphatic carboxylic acids is 1. The Bertz CT molecular complexity index is 614. The molecule has 7 heteroatoms. The molecule has 0 radical (unpaired) electrons. The zero-order chi connectivity index (χ0) is 15.5. The maximum atomic E-state index is 11.0. The van der Waals surface area contributed by atoms with Crippen molar-refractivity contribution in [3.8, 4) is 10.7 Å². The lowest BCUT2D eigenvalue weighted by Gasteiger charge is -2.27. The van der Waals surface area contributed by atoms with Gasteiger partial charge in [-0.15, -0.1) is 23.1 Å². The second-order valence-electron chi connectivity index (χ2n) is 5.07. The normalized spacial score (nSPS) is 13.1. The van der Waals surface area contributed by atoms with E-state index >= 15 is 0 Å². The second kappa shape index (κ2) is 6.55. The lowest BCUT2D eigenvalue weighted by Crippen LogP contribution is -2.46. The number of carboxylic acids is 1. The number of nitrogens with zero attached hydrogens (tertiary/aromatic N) is 2. The van der Waals surface area contributed by atoms with Crippen LogP contribution >= 0.6 is 23.1 Å². The van der Waals surface area contributed by atoms with Gasteiger partial charge in [-0.25, -0.2) is 4.98 Å². The van der Waals surface area contributed by atoms with E-state index in [0.29, 0.717) is 5.75 Å². The van der Waals surface area contributed by atoms with Crippen molar-refractivity contribution >= 4 is 29.1 Å². The van der Waals surface area contributed by atoms with Crippen LogP contribution in [0.4, 0.5) is 0 Å². The second-order valence-corrected chi connectivity index (χ2v) is 7.55. The number of thioether (sulfide) groups is 1. The molecule has 0 amide bonds. The van der Waals surface area contributed by atoms with Crippen molar-refractivity contribution in [1.82, 2.24) is 9.97 Å². The summed E-state index contributed by atoms with van der Waals surface area (Å²) in [4.78, 5) is 19.8. The summed E-state index contributed by atoms with van der Waals surface area (Å²) >= 11 is 3.03. The molecule has 21 heavy (non-hydrogen) atoms. The third-order valence-corrected chi connectivity index (χ3v) is 5.39. The number of carboxylic acid groups (broad SMARTS) is 1. The van der Waals surface area contributed by atoms with Crippen molar-refractivity contribution in [1.29, 1.82) is 0 Å². The predicted molar refractivity (Wildman–Crippen MR) is 86.3 cm³/mol. The van der Waals surface area contributed by atoms with E-state index in [1.807, 2.05) is 37.4 Å². The number of hydrogen-bond acceptors (Lipinski definition) is 6. The van der Waals surface area contributed by atoms with E-state index in [-0.39, 0.29) is 0 Å². The molecule has 2 aromatic heterocycles. The molecular formula is C14H17N3O2S2. The minimum absolute atomic E-state index is 0.555. The molecule has 2 aromatic rings. The molecule has 5 nitrogen and oxygen atoms in total. The highest BCUT2D eigenvalue weighted by molar-refractivity contribution is 7.99. The first-order chi connectivity index (χ1) is 9.90. The summed E-state index contributed by atoms with van der Waals surface area (Å²) in [7, 11) is 0. The van der Waals surface area contributed by atoms with Crippen molar-refractivity contribution in [2.24, 2.45) is 5.73 Å². The molecule has 0 unspecified atom stereocenters. The molecule has 112 valence electrons. The number of hydrogen-bond donors (Lipinski definition) is 2. The maximum Gasteiger partial charge on any atom is 0.321 e. The standard InChI is InChI=1S/C14H17N3O2S2/c1-14(2,11(15)13(18)19)21-8-9-7-20-12(17-9)10-5-3-4-6-16-10/h3-7,11H,8,15H2,1-2H3,(H,18,19)/t11-/m0/s1. The largest absolute Gasteiger partial charge is 0.480 e. The Balaban J connectivity index is 2.02. The predicted octanol–water partition coefficient (Wildman–Crippen LogP) is 2.63. The van der Waals surface area contributed by atoms with Gasteiger partial charge in [0.2, 0.25) is 0 Å². The van der Waals surface area contributed by atoms with Crippen LogP contribution in [0.5, 0.6) is 0 Å². The lowest BCUT2D eigenvalue weighted by atomic mass is 10.1. The van der Waals surface area contributed by atoms with Crippen LogP contribution in [0.2, 0.25) is 0 Å². The van der Waals surface area contributed by atoms with Gasteiger partial charge >= 0.3 is 5.97 Å². The fourth-order valence-corrected chi connectivity index (χ4v) is 3.48. The number of carbonyl (C=O) groups is 1. The highest BCUT2D eigenvalue weighted by atomic mass is 32.2.